The molecular weight excluding hydrogens is 392 g/mol. The molecule has 162 valence electrons. The molecule has 2 fully saturated rings. The summed E-state index contributed by atoms with van der Waals surface area (Å²) in [4.78, 5) is 4.73. The van der Waals surface area contributed by atoms with Crippen LogP contribution in [0.5, 0.6) is 11.6 Å². The molecule has 4 N–H and O–H groups in total. The van der Waals surface area contributed by atoms with Crippen LogP contribution in [0.25, 0.3) is 10.8 Å². The highest BCUT2D eigenvalue weighted by Gasteiger charge is 2.22. The number of ether oxygens (including phenoxy) is 1. The standard InChI is InChI=1S/C23H28N6O2/c1-31-19-10-16(15-6-8-24-9-7-15)4-5-18(19)27-22-21-17(13-26-29-23(21)30)11-20(28-22)25-12-14-2-3-14/h4-5,10-11,13-15,24H,2-3,6-9,12H2,1H3,(H,29,30)(H2,25,27,28). The van der Waals surface area contributed by atoms with E-state index >= 15 is 0 Å². The summed E-state index contributed by atoms with van der Waals surface area (Å²) in [6.45, 7) is 2.99. The summed E-state index contributed by atoms with van der Waals surface area (Å²) in [6.07, 6.45) is 6.42. The van der Waals surface area contributed by atoms with Crippen LogP contribution in [-0.2, 0) is 0 Å². The molecule has 0 bridgehead atoms. The van der Waals surface area contributed by atoms with Crippen molar-refractivity contribution in [3.05, 3.63) is 36.0 Å². The summed E-state index contributed by atoms with van der Waals surface area (Å²) in [7, 11) is 1.68. The van der Waals surface area contributed by atoms with Crippen molar-refractivity contribution in [2.24, 2.45) is 5.92 Å². The zero-order valence-corrected chi connectivity index (χ0v) is 17.7. The van der Waals surface area contributed by atoms with E-state index in [0.717, 1.165) is 61.0 Å². The summed E-state index contributed by atoms with van der Waals surface area (Å²) < 4.78 is 5.70. The minimum absolute atomic E-state index is 0.147. The Morgan fingerprint density at radius 2 is 2.00 bits per heavy atom. The first kappa shape index (κ1) is 19.8. The van der Waals surface area contributed by atoms with Crippen molar-refractivity contribution in [2.75, 3.05) is 37.4 Å². The summed E-state index contributed by atoms with van der Waals surface area (Å²) >= 11 is 0. The van der Waals surface area contributed by atoms with Crippen molar-refractivity contribution in [1.29, 1.82) is 0 Å². The Morgan fingerprint density at radius 1 is 1.16 bits per heavy atom. The molecule has 1 saturated carbocycles. The topological polar surface area (TPSA) is 104 Å². The largest absolute Gasteiger partial charge is 0.495 e. The number of benzene rings is 1. The molecule has 0 atom stereocenters. The van der Waals surface area contributed by atoms with Gasteiger partial charge in [0.2, 0.25) is 5.88 Å². The molecule has 31 heavy (non-hydrogen) atoms. The second-order valence-corrected chi connectivity index (χ2v) is 8.42. The van der Waals surface area contributed by atoms with E-state index in [0.29, 0.717) is 17.1 Å². The predicted octanol–water partition coefficient (Wildman–Crippen LogP) is 3.77. The lowest BCUT2D eigenvalue weighted by molar-refractivity contribution is 0.413. The molecule has 1 aliphatic heterocycles. The van der Waals surface area contributed by atoms with Crippen LogP contribution in [0, 0.1) is 5.92 Å². The number of nitrogens with one attached hydrogen (secondary N) is 3. The van der Waals surface area contributed by atoms with Gasteiger partial charge in [-0.05, 0) is 74.4 Å². The molecule has 8 nitrogen and oxygen atoms in total. The van der Waals surface area contributed by atoms with E-state index in [1.165, 1.54) is 18.4 Å². The molecule has 0 unspecified atom stereocenters. The lowest BCUT2D eigenvalue weighted by atomic mass is 9.90. The highest BCUT2D eigenvalue weighted by molar-refractivity contribution is 5.98. The number of hydrogen-bond acceptors (Lipinski definition) is 8. The average molecular weight is 421 g/mol. The lowest BCUT2D eigenvalue weighted by Crippen LogP contribution is -2.26. The fourth-order valence-corrected chi connectivity index (χ4v) is 4.20. The van der Waals surface area contributed by atoms with E-state index in [-0.39, 0.29) is 5.88 Å². The van der Waals surface area contributed by atoms with Crippen LogP contribution in [0.15, 0.2) is 30.5 Å². The number of aromatic hydroxyl groups is 1. The highest BCUT2D eigenvalue weighted by atomic mass is 16.5. The summed E-state index contributed by atoms with van der Waals surface area (Å²) in [5, 5.41) is 29.6. The van der Waals surface area contributed by atoms with E-state index in [1.807, 2.05) is 12.1 Å². The quantitative estimate of drug-likeness (QED) is 0.458. The maximum atomic E-state index is 10.4. The van der Waals surface area contributed by atoms with Gasteiger partial charge in [0.05, 0.1) is 24.4 Å². The van der Waals surface area contributed by atoms with Crippen molar-refractivity contribution in [3.8, 4) is 11.6 Å². The molecule has 3 heterocycles. The second kappa shape index (κ2) is 8.55. The van der Waals surface area contributed by atoms with Crippen molar-refractivity contribution in [2.45, 2.75) is 31.6 Å². The molecule has 1 saturated heterocycles. The van der Waals surface area contributed by atoms with Gasteiger partial charge >= 0.3 is 0 Å². The molecular formula is C23H28N6O2. The van der Waals surface area contributed by atoms with Crippen LogP contribution in [-0.4, -0.2) is 47.0 Å². The minimum atomic E-state index is -0.147. The molecule has 0 radical (unpaired) electrons. The Balaban J connectivity index is 1.48. The van der Waals surface area contributed by atoms with E-state index < -0.39 is 0 Å². The van der Waals surface area contributed by atoms with Gasteiger partial charge in [0.25, 0.3) is 0 Å². The molecule has 8 heteroatoms. The molecule has 5 rings (SSSR count). The zero-order chi connectivity index (χ0) is 21.2. The van der Waals surface area contributed by atoms with Crippen molar-refractivity contribution < 1.29 is 9.84 Å². The lowest BCUT2D eigenvalue weighted by Gasteiger charge is -2.24. The smallest absolute Gasteiger partial charge is 0.242 e. The van der Waals surface area contributed by atoms with Crippen LogP contribution in [0.4, 0.5) is 17.3 Å². The number of rotatable bonds is 7. The number of nitrogens with zero attached hydrogens (tertiary/aromatic N) is 3. The number of anilines is 3. The van der Waals surface area contributed by atoms with E-state index in [9.17, 15) is 5.11 Å². The Morgan fingerprint density at radius 3 is 2.77 bits per heavy atom. The van der Waals surface area contributed by atoms with Gasteiger partial charge in [-0.1, -0.05) is 6.07 Å². The van der Waals surface area contributed by atoms with Crippen molar-refractivity contribution in [1.82, 2.24) is 20.5 Å². The van der Waals surface area contributed by atoms with Gasteiger partial charge in [-0.3, -0.25) is 0 Å². The zero-order valence-electron chi connectivity index (χ0n) is 17.7. The molecule has 1 aromatic carbocycles. The SMILES string of the molecule is COc1cc(C2CCNCC2)ccc1Nc1nc(NCC2CC2)cc2cnnc(O)c12. The maximum Gasteiger partial charge on any atom is 0.242 e. The van der Waals surface area contributed by atoms with Crippen molar-refractivity contribution in [3.63, 3.8) is 0 Å². The number of pyridine rings is 1. The first-order chi connectivity index (χ1) is 15.2. The van der Waals surface area contributed by atoms with Gasteiger partial charge in [0.15, 0.2) is 0 Å². The fourth-order valence-electron chi connectivity index (χ4n) is 4.20. The normalized spacial score (nSPS) is 16.9. The Labute approximate surface area is 181 Å². The molecule has 0 spiro atoms. The third-order valence-electron chi connectivity index (χ3n) is 6.18. The third-order valence-corrected chi connectivity index (χ3v) is 6.18. The molecule has 2 aromatic heterocycles. The predicted molar refractivity (Wildman–Crippen MR) is 121 cm³/mol. The van der Waals surface area contributed by atoms with Crippen LogP contribution in [0.3, 0.4) is 0 Å². The first-order valence-corrected chi connectivity index (χ1v) is 11.0. The number of methoxy groups -OCH3 is 1. The van der Waals surface area contributed by atoms with E-state index in [2.05, 4.69) is 38.3 Å². The summed E-state index contributed by atoms with van der Waals surface area (Å²) in [5.74, 6) is 3.14. The van der Waals surface area contributed by atoms with Gasteiger partial charge < -0.3 is 25.8 Å². The number of hydrogen-bond donors (Lipinski definition) is 4. The maximum absolute atomic E-state index is 10.4. The van der Waals surface area contributed by atoms with Crippen LogP contribution >= 0.6 is 0 Å². The van der Waals surface area contributed by atoms with Crippen LogP contribution in [0.2, 0.25) is 0 Å². The summed E-state index contributed by atoms with van der Waals surface area (Å²) in [6, 6.07) is 8.18. The van der Waals surface area contributed by atoms with Gasteiger partial charge in [0.1, 0.15) is 17.4 Å². The Bertz CT molecular complexity index is 1080. The van der Waals surface area contributed by atoms with E-state index in [4.69, 9.17) is 9.72 Å². The third kappa shape index (κ3) is 4.34. The Kier molecular flexibility index (Phi) is 5.46. The number of fused-ring (bicyclic) bond motifs is 1. The van der Waals surface area contributed by atoms with Gasteiger partial charge in [-0.15, -0.1) is 5.10 Å². The summed E-state index contributed by atoms with van der Waals surface area (Å²) in [5.41, 5.74) is 2.08. The molecule has 2 aliphatic rings. The highest BCUT2D eigenvalue weighted by Crippen LogP contribution is 2.37. The fraction of sp³-hybridized carbons (Fsp3) is 0.435. The second-order valence-electron chi connectivity index (χ2n) is 8.42. The Hall–Kier alpha value is -3.13. The first-order valence-electron chi connectivity index (χ1n) is 11.0. The monoisotopic (exact) mass is 420 g/mol. The average Bonchev–Trinajstić information content (AvgIpc) is 3.63. The van der Waals surface area contributed by atoms with Gasteiger partial charge in [-0.25, -0.2) is 4.98 Å². The molecule has 0 amide bonds. The molecule has 1 aliphatic carbocycles. The van der Waals surface area contributed by atoms with E-state index in [1.54, 1.807) is 13.3 Å². The van der Waals surface area contributed by atoms with Gasteiger partial charge in [0, 0.05) is 11.9 Å². The number of aromatic nitrogens is 3. The van der Waals surface area contributed by atoms with Crippen LogP contribution < -0.4 is 20.7 Å². The molecule has 3 aromatic rings. The van der Waals surface area contributed by atoms with Crippen LogP contribution in [0.1, 0.15) is 37.2 Å². The van der Waals surface area contributed by atoms with Crippen molar-refractivity contribution >= 4 is 28.1 Å². The minimum Gasteiger partial charge on any atom is -0.495 e. The number of piperidine rings is 1. The van der Waals surface area contributed by atoms with Gasteiger partial charge in [-0.2, -0.15) is 5.10 Å².